The van der Waals surface area contributed by atoms with Gasteiger partial charge in [-0.1, -0.05) is 0 Å². The molecule has 1 N–H and O–H groups in total. The molecule has 1 fully saturated rings. The zero-order valence-corrected chi connectivity index (χ0v) is 12.4. The van der Waals surface area contributed by atoms with Gasteiger partial charge in [-0.3, -0.25) is 4.79 Å². The minimum Gasteiger partial charge on any atom is -0.381 e. The minimum atomic E-state index is -0.0893. The van der Waals surface area contributed by atoms with E-state index in [2.05, 4.69) is 29.2 Å². The lowest BCUT2D eigenvalue weighted by Gasteiger charge is -2.10. The van der Waals surface area contributed by atoms with Crippen molar-refractivity contribution in [2.45, 2.75) is 26.3 Å². The van der Waals surface area contributed by atoms with Crippen molar-refractivity contribution in [3.05, 3.63) is 24.0 Å². The average Bonchev–Trinajstić information content (AvgIpc) is 3.13. The van der Waals surface area contributed by atoms with E-state index < -0.39 is 0 Å². The van der Waals surface area contributed by atoms with E-state index in [1.165, 1.54) is 0 Å². The Morgan fingerprint density at radius 2 is 2.38 bits per heavy atom. The SMILES string of the molecule is CC(C)n1ncc2cc(C(=O)NCC3CCOC3)cnc21. The molecule has 1 aliphatic heterocycles. The highest BCUT2D eigenvalue weighted by Gasteiger charge is 2.17. The van der Waals surface area contributed by atoms with Gasteiger partial charge >= 0.3 is 0 Å². The second-order valence-corrected chi connectivity index (χ2v) is 5.76. The molecule has 1 aliphatic rings. The van der Waals surface area contributed by atoms with Gasteiger partial charge in [0.2, 0.25) is 0 Å². The van der Waals surface area contributed by atoms with Crippen LogP contribution in [-0.4, -0.2) is 40.4 Å². The van der Waals surface area contributed by atoms with Crippen LogP contribution in [0.1, 0.15) is 36.7 Å². The zero-order valence-electron chi connectivity index (χ0n) is 12.4. The third-order valence-electron chi connectivity index (χ3n) is 3.76. The van der Waals surface area contributed by atoms with Crippen LogP contribution >= 0.6 is 0 Å². The molecule has 6 heteroatoms. The number of carbonyl (C=O) groups is 1. The molecule has 6 nitrogen and oxygen atoms in total. The van der Waals surface area contributed by atoms with E-state index in [1.807, 2.05) is 10.7 Å². The Kier molecular flexibility index (Phi) is 3.88. The zero-order chi connectivity index (χ0) is 14.8. The van der Waals surface area contributed by atoms with Gasteiger partial charge in [0.25, 0.3) is 5.91 Å². The summed E-state index contributed by atoms with van der Waals surface area (Å²) in [4.78, 5) is 16.5. The molecule has 0 aromatic carbocycles. The normalized spacial score (nSPS) is 18.5. The van der Waals surface area contributed by atoms with E-state index in [-0.39, 0.29) is 11.9 Å². The molecule has 0 radical (unpaired) electrons. The van der Waals surface area contributed by atoms with Crippen LogP contribution in [0.2, 0.25) is 0 Å². The summed E-state index contributed by atoms with van der Waals surface area (Å²) in [7, 11) is 0. The van der Waals surface area contributed by atoms with Crippen LogP contribution in [0.4, 0.5) is 0 Å². The van der Waals surface area contributed by atoms with Crippen molar-refractivity contribution in [1.29, 1.82) is 0 Å². The van der Waals surface area contributed by atoms with Crippen LogP contribution in [0.5, 0.6) is 0 Å². The van der Waals surface area contributed by atoms with Crippen molar-refractivity contribution in [2.75, 3.05) is 19.8 Å². The molecule has 1 atom stereocenters. The van der Waals surface area contributed by atoms with E-state index in [4.69, 9.17) is 4.74 Å². The van der Waals surface area contributed by atoms with Crippen LogP contribution < -0.4 is 5.32 Å². The van der Waals surface area contributed by atoms with E-state index in [0.717, 1.165) is 30.7 Å². The maximum Gasteiger partial charge on any atom is 0.252 e. The summed E-state index contributed by atoms with van der Waals surface area (Å²) in [6.07, 6.45) is 4.38. The van der Waals surface area contributed by atoms with Gasteiger partial charge in [-0.05, 0) is 26.3 Å². The van der Waals surface area contributed by atoms with E-state index in [1.54, 1.807) is 12.4 Å². The standard InChI is InChI=1S/C15H20N4O2/c1-10(2)19-14-12(8-18-19)5-13(7-16-14)15(20)17-6-11-3-4-21-9-11/h5,7-8,10-11H,3-4,6,9H2,1-2H3,(H,17,20). The van der Waals surface area contributed by atoms with Crippen molar-refractivity contribution >= 4 is 16.9 Å². The van der Waals surface area contributed by atoms with Gasteiger partial charge in [0.1, 0.15) is 0 Å². The van der Waals surface area contributed by atoms with Gasteiger partial charge in [0.05, 0.1) is 18.4 Å². The molecule has 1 unspecified atom stereocenters. The fraction of sp³-hybridized carbons (Fsp3) is 0.533. The topological polar surface area (TPSA) is 69.0 Å². The number of ether oxygens (including phenoxy) is 1. The van der Waals surface area contributed by atoms with Crippen molar-refractivity contribution in [1.82, 2.24) is 20.1 Å². The smallest absolute Gasteiger partial charge is 0.252 e. The van der Waals surface area contributed by atoms with Crippen molar-refractivity contribution in [3.63, 3.8) is 0 Å². The molecule has 2 aromatic rings. The van der Waals surface area contributed by atoms with Crippen LogP contribution in [-0.2, 0) is 4.74 Å². The first-order valence-corrected chi connectivity index (χ1v) is 7.34. The van der Waals surface area contributed by atoms with Crippen molar-refractivity contribution in [2.24, 2.45) is 5.92 Å². The van der Waals surface area contributed by atoms with E-state index in [0.29, 0.717) is 18.0 Å². The average molecular weight is 288 g/mol. The highest BCUT2D eigenvalue weighted by Crippen LogP contribution is 2.17. The molecule has 1 amide bonds. The lowest BCUT2D eigenvalue weighted by molar-refractivity contribution is 0.0945. The van der Waals surface area contributed by atoms with Crippen LogP contribution in [0.3, 0.4) is 0 Å². The number of nitrogens with one attached hydrogen (secondary N) is 1. The predicted octanol–water partition coefficient (Wildman–Crippen LogP) is 1.78. The number of hydrogen-bond donors (Lipinski definition) is 1. The molecule has 3 rings (SSSR count). The van der Waals surface area contributed by atoms with Crippen LogP contribution in [0.25, 0.3) is 11.0 Å². The third-order valence-corrected chi connectivity index (χ3v) is 3.76. The van der Waals surface area contributed by atoms with Gasteiger partial charge in [-0.15, -0.1) is 0 Å². The van der Waals surface area contributed by atoms with Crippen molar-refractivity contribution < 1.29 is 9.53 Å². The molecule has 2 aromatic heterocycles. The molecule has 1 saturated heterocycles. The Morgan fingerprint density at radius 3 is 3.10 bits per heavy atom. The molecule has 112 valence electrons. The summed E-state index contributed by atoms with van der Waals surface area (Å²) in [5, 5.41) is 8.15. The van der Waals surface area contributed by atoms with Crippen LogP contribution in [0.15, 0.2) is 18.5 Å². The highest BCUT2D eigenvalue weighted by atomic mass is 16.5. The first-order valence-electron chi connectivity index (χ1n) is 7.34. The summed E-state index contributed by atoms with van der Waals surface area (Å²) in [6.45, 7) is 6.29. The first kappa shape index (κ1) is 14.0. The van der Waals surface area contributed by atoms with E-state index >= 15 is 0 Å². The second kappa shape index (κ2) is 5.81. The predicted molar refractivity (Wildman–Crippen MR) is 79.2 cm³/mol. The lowest BCUT2D eigenvalue weighted by Crippen LogP contribution is -2.29. The Morgan fingerprint density at radius 1 is 1.52 bits per heavy atom. The summed E-state index contributed by atoms with van der Waals surface area (Å²) >= 11 is 0. The highest BCUT2D eigenvalue weighted by molar-refractivity contribution is 5.96. The first-order chi connectivity index (χ1) is 10.1. The molecule has 0 aliphatic carbocycles. The molecule has 3 heterocycles. The van der Waals surface area contributed by atoms with E-state index in [9.17, 15) is 4.79 Å². The number of nitrogens with zero attached hydrogens (tertiary/aromatic N) is 3. The van der Waals surface area contributed by atoms with Gasteiger partial charge in [0.15, 0.2) is 5.65 Å². The van der Waals surface area contributed by atoms with Gasteiger partial charge in [-0.25, -0.2) is 9.67 Å². The molecular formula is C15H20N4O2. The third kappa shape index (κ3) is 2.90. The Labute approximate surface area is 123 Å². The summed E-state index contributed by atoms with van der Waals surface area (Å²) in [5.41, 5.74) is 1.38. The maximum absolute atomic E-state index is 12.2. The maximum atomic E-state index is 12.2. The minimum absolute atomic E-state index is 0.0893. The Balaban J connectivity index is 1.72. The number of fused-ring (bicyclic) bond motifs is 1. The number of aromatic nitrogens is 3. The summed E-state index contributed by atoms with van der Waals surface area (Å²) in [5.74, 6) is 0.336. The largest absolute Gasteiger partial charge is 0.381 e. The van der Waals surface area contributed by atoms with Gasteiger partial charge < -0.3 is 10.1 Å². The molecule has 0 bridgehead atoms. The summed E-state index contributed by atoms with van der Waals surface area (Å²) < 4.78 is 7.16. The van der Waals surface area contributed by atoms with Gasteiger partial charge in [-0.2, -0.15) is 5.10 Å². The Hall–Kier alpha value is -1.95. The van der Waals surface area contributed by atoms with Crippen LogP contribution in [0, 0.1) is 5.92 Å². The number of rotatable bonds is 4. The molecular weight excluding hydrogens is 268 g/mol. The molecule has 0 spiro atoms. The van der Waals surface area contributed by atoms with Gasteiger partial charge in [0, 0.05) is 36.7 Å². The monoisotopic (exact) mass is 288 g/mol. The quantitative estimate of drug-likeness (QED) is 0.931. The summed E-state index contributed by atoms with van der Waals surface area (Å²) in [6, 6.07) is 2.09. The number of hydrogen-bond acceptors (Lipinski definition) is 4. The fourth-order valence-corrected chi connectivity index (χ4v) is 2.53. The number of pyridine rings is 1. The Bertz CT molecular complexity index is 644. The number of carbonyl (C=O) groups excluding carboxylic acids is 1. The fourth-order valence-electron chi connectivity index (χ4n) is 2.53. The lowest BCUT2D eigenvalue weighted by atomic mass is 10.1. The second-order valence-electron chi connectivity index (χ2n) is 5.76. The van der Waals surface area contributed by atoms with Crippen molar-refractivity contribution in [3.8, 4) is 0 Å². The number of amides is 1. The molecule has 21 heavy (non-hydrogen) atoms. The molecule has 0 saturated carbocycles.